The summed E-state index contributed by atoms with van der Waals surface area (Å²) < 4.78 is 32.1. The highest BCUT2D eigenvalue weighted by Gasteiger charge is 2.31. The number of amides is 1. The van der Waals surface area contributed by atoms with E-state index in [1.807, 2.05) is 0 Å². The Kier molecular flexibility index (Phi) is 7.11. The van der Waals surface area contributed by atoms with Crippen LogP contribution in [0.3, 0.4) is 0 Å². The van der Waals surface area contributed by atoms with E-state index in [2.05, 4.69) is 19.9 Å². The van der Waals surface area contributed by atoms with Gasteiger partial charge in [0.25, 0.3) is 0 Å². The Hall–Kier alpha value is -2.76. The highest BCUT2D eigenvalue weighted by molar-refractivity contribution is 7.89. The molecule has 2 heterocycles. The first kappa shape index (κ1) is 23.4. The molecule has 1 aromatic carbocycles. The van der Waals surface area contributed by atoms with E-state index in [9.17, 15) is 13.2 Å². The molecule has 1 aliphatic carbocycles. The van der Waals surface area contributed by atoms with Crippen molar-refractivity contribution in [3.8, 4) is 0 Å². The Labute approximate surface area is 194 Å². The van der Waals surface area contributed by atoms with Gasteiger partial charge in [-0.15, -0.1) is 0 Å². The Morgan fingerprint density at radius 3 is 2.61 bits per heavy atom. The largest absolute Gasteiger partial charge is 0.383 e. The van der Waals surface area contributed by atoms with Gasteiger partial charge in [-0.05, 0) is 37.1 Å². The molecule has 1 fully saturated rings. The minimum absolute atomic E-state index is 0.0527. The molecule has 0 saturated heterocycles. The van der Waals surface area contributed by atoms with Crippen molar-refractivity contribution in [3.63, 3.8) is 0 Å². The van der Waals surface area contributed by atoms with Gasteiger partial charge >= 0.3 is 0 Å². The highest BCUT2D eigenvalue weighted by Crippen LogP contribution is 2.36. The van der Waals surface area contributed by atoms with Gasteiger partial charge in [0.1, 0.15) is 5.69 Å². The molecule has 0 radical (unpaired) electrons. The van der Waals surface area contributed by atoms with Crippen LogP contribution in [-0.4, -0.2) is 64.2 Å². The van der Waals surface area contributed by atoms with Gasteiger partial charge in [-0.2, -0.15) is 4.98 Å². The average molecular weight is 475 g/mol. The fourth-order valence-corrected chi connectivity index (χ4v) is 5.29. The number of hydrogen-bond acceptors (Lipinski definition) is 8. The molecule has 4 rings (SSSR count). The second-order valence-corrected chi connectivity index (χ2v) is 10.0. The van der Waals surface area contributed by atoms with Crippen LogP contribution in [0.25, 0.3) is 0 Å². The Bertz CT molecular complexity index is 1090. The normalized spacial score (nSPS) is 17.2. The van der Waals surface area contributed by atoms with Crippen molar-refractivity contribution >= 4 is 39.1 Å². The summed E-state index contributed by atoms with van der Waals surface area (Å²) in [5, 5.41) is 3.16. The van der Waals surface area contributed by atoms with Crippen LogP contribution in [0.15, 0.2) is 35.4 Å². The maximum absolute atomic E-state index is 12.5. The number of sulfonamides is 1. The summed E-state index contributed by atoms with van der Waals surface area (Å²) in [6.07, 6.45) is 6.68. The molecule has 1 aliphatic heterocycles. The van der Waals surface area contributed by atoms with Crippen LogP contribution in [0.5, 0.6) is 0 Å². The number of carbonyl (C=O) groups excluding carboxylic acids is 1. The molecule has 0 spiro atoms. The van der Waals surface area contributed by atoms with Crippen LogP contribution < -0.4 is 19.8 Å². The molecule has 11 heteroatoms. The number of hydrogen-bond donors (Lipinski definition) is 2. The third-order valence-corrected chi connectivity index (χ3v) is 7.59. The summed E-state index contributed by atoms with van der Waals surface area (Å²) in [6, 6.07) is 6.77. The van der Waals surface area contributed by atoms with Crippen molar-refractivity contribution < 1.29 is 17.9 Å². The lowest BCUT2D eigenvalue weighted by molar-refractivity contribution is -0.118. The van der Waals surface area contributed by atoms with Crippen molar-refractivity contribution in [2.45, 2.75) is 43.0 Å². The third kappa shape index (κ3) is 5.26. The topological polar surface area (TPSA) is 117 Å². The van der Waals surface area contributed by atoms with Crippen molar-refractivity contribution in [1.82, 2.24) is 14.7 Å². The number of anilines is 4. The summed E-state index contributed by atoms with van der Waals surface area (Å²) >= 11 is 0. The van der Waals surface area contributed by atoms with Gasteiger partial charge in [-0.3, -0.25) is 4.79 Å². The molecule has 1 saturated carbocycles. The number of nitrogens with zero attached hydrogens (tertiary/aromatic N) is 4. The van der Waals surface area contributed by atoms with Gasteiger partial charge in [-0.1, -0.05) is 12.8 Å². The lowest BCUT2D eigenvalue weighted by atomic mass is 10.2. The maximum Gasteiger partial charge on any atom is 0.240 e. The van der Waals surface area contributed by atoms with Crippen molar-refractivity contribution in [2.75, 3.05) is 49.0 Å². The Morgan fingerprint density at radius 2 is 1.91 bits per heavy atom. The van der Waals surface area contributed by atoms with Crippen LogP contribution in [0.2, 0.25) is 0 Å². The molecule has 2 N–H and O–H groups in total. The first-order valence-electron chi connectivity index (χ1n) is 11.1. The predicted molar refractivity (Wildman–Crippen MR) is 126 cm³/mol. The molecule has 0 bridgehead atoms. The Balaban J connectivity index is 1.55. The number of ether oxygens (including phenoxy) is 1. The van der Waals surface area contributed by atoms with E-state index in [1.54, 1.807) is 30.3 Å². The predicted octanol–water partition coefficient (Wildman–Crippen LogP) is 2.26. The number of aromatic nitrogens is 2. The van der Waals surface area contributed by atoms with Gasteiger partial charge in [0, 0.05) is 45.4 Å². The van der Waals surface area contributed by atoms with Gasteiger partial charge in [0.15, 0.2) is 5.82 Å². The van der Waals surface area contributed by atoms with Gasteiger partial charge in [-0.25, -0.2) is 18.1 Å². The van der Waals surface area contributed by atoms with Crippen LogP contribution in [0, 0.1) is 0 Å². The Morgan fingerprint density at radius 1 is 1.18 bits per heavy atom. The lowest BCUT2D eigenvalue weighted by Crippen LogP contribution is -2.34. The lowest BCUT2D eigenvalue weighted by Gasteiger charge is -2.30. The standard InChI is InChI=1S/C22H30N6O4S/c1-27-19-15-23-22(26-21(19)28(13-11-20(27)29)17-5-3-4-6-17)25-16-7-9-18(10-8-16)33(30,31)24-12-14-32-2/h7-10,15,17,24H,3-6,11-14H2,1-2H3,(H,23,25,26). The fraction of sp³-hybridized carbons (Fsp3) is 0.500. The number of carbonyl (C=O) groups is 1. The van der Waals surface area contributed by atoms with Crippen LogP contribution >= 0.6 is 0 Å². The summed E-state index contributed by atoms with van der Waals surface area (Å²) in [7, 11) is -0.324. The van der Waals surface area contributed by atoms with Crippen LogP contribution in [0.4, 0.5) is 23.1 Å². The molecule has 2 aromatic rings. The molecule has 0 unspecified atom stereocenters. The van der Waals surface area contributed by atoms with Gasteiger partial charge < -0.3 is 19.9 Å². The zero-order valence-corrected chi connectivity index (χ0v) is 19.8. The molecule has 0 atom stereocenters. The zero-order chi connectivity index (χ0) is 23.4. The number of methoxy groups -OCH3 is 1. The fourth-order valence-electron chi connectivity index (χ4n) is 4.28. The summed E-state index contributed by atoms with van der Waals surface area (Å²) in [4.78, 5) is 25.7. The smallest absolute Gasteiger partial charge is 0.240 e. The minimum atomic E-state index is -3.60. The summed E-state index contributed by atoms with van der Waals surface area (Å²) in [5.74, 6) is 1.21. The molecular formula is C22H30N6O4S. The maximum atomic E-state index is 12.5. The SMILES string of the molecule is COCCNS(=O)(=O)c1ccc(Nc2ncc3c(n2)N(C2CCCC2)CCC(=O)N3C)cc1. The van der Waals surface area contributed by atoms with E-state index < -0.39 is 10.0 Å². The number of rotatable bonds is 8. The van der Waals surface area contributed by atoms with Crippen LogP contribution in [-0.2, 0) is 19.6 Å². The second-order valence-electron chi connectivity index (χ2n) is 8.28. The van der Waals surface area contributed by atoms with E-state index in [0.29, 0.717) is 42.9 Å². The third-order valence-electron chi connectivity index (χ3n) is 6.11. The highest BCUT2D eigenvalue weighted by atomic mass is 32.2. The summed E-state index contributed by atoms with van der Waals surface area (Å²) in [6.45, 7) is 1.14. The van der Waals surface area contributed by atoms with E-state index in [-0.39, 0.29) is 17.3 Å². The van der Waals surface area contributed by atoms with E-state index in [0.717, 1.165) is 18.7 Å². The first-order valence-corrected chi connectivity index (χ1v) is 12.6. The average Bonchev–Trinajstić information content (AvgIpc) is 3.30. The minimum Gasteiger partial charge on any atom is -0.383 e. The molecule has 2 aliphatic rings. The van der Waals surface area contributed by atoms with E-state index in [1.165, 1.54) is 32.1 Å². The molecule has 1 aromatic heterocycles. The number of benzene rings is 1. The second kappa shape index (κ2) is 10.0. The van der Waals surface area contributed by atoms with Crippen LogP contribution in [0.1, 0.15) is 32.1 Å². The van der Waals surface area contributed by atoms with E-state index >= 15 is 0 Å². The van der Waals surface area contributed by atoms with Crippen molar-refractivity contribution in [1.29, 1.82) is 0 Å². The molecule has 10 nitrogen and oxygen atoms in total. The summed E-state index contributed by atoms with van der Waals surface area (Å²) in [5.41, 5.74) is 1.37. The molecular weight excluding hydrogens is 444 g/mol. The van der Waals surface area contributed by atoms with Gasteiger partial charge in [0.2, 0.25) is 21.9 Å². The molecule has 178 valence electrons. The van der Waals surface area contributed by atoms with E-state index in [4.69, 9.17) is 9.72 Å². The van der Waals surface area contributed by atoms with Gasteiger partial charge in [0.05, 0.1) is 17.7 Å². The van der Waals surface area contributed by atoms with Crippen molar-refractivity contribution in [3.05, 3.63) is 30.5 Å². The number of nitrogens with one attached hydrogen (secondary N) is 2. The quantitative estimate of drug-likeness (QED) is 0.560. The molecule has 33 heavy (non-hydrogen) atoms. The first-order chi connectivity index (χ1) is 15.9. The zero-order valence-electron chi connectivity index (χ0n) is 19.0. The molecule has 1 amide bonds. The number of fused-ring (bicyclic) bond motifs is 1. The monoisotopic (exact) mass is 474 g/mol. The van der Waals surface area contributed by atoms with Crippen molar-refractivity contribution in [2.24, 2.45) is 0 Å².